The van der Waals surface area contributed by atoms with Crippen molar-refractivity contribution in [2.24, 2.45) is 0 Å². The summed E-state index contributed by atoms with van der Waals surface area (Å²) in [5.74, 6) is -0.796. The third-order valence-electron chi connectivity index (χ3n) is 2.93. The molecule has 0 spiro atoms. The van der Waals surface area contributed by atoms with Gasteiger partial charge in [0.25, 0.3) is 5.97 Å². The summed E-state index contributed by atoms with van der Waals surface area (Å²) in [6.45, 7) is 7.83. The van der Waals surface area contributed by atoms with Crippen LogP contribution in [0, 0.1) is 0 Å². The Hall–Kier alpha value is 0.720. The molecule has 0 heterocycles. The number of hydrogen-bond donors (Lipinski definition) is 0. The minimum Gasteiger partial charge on any atom is -0.328 e. The van der Waals surface area contributed by atoms with E-state index < -0.39 is 5.97 Å². The Morgan fingerprint density at radius 3 is 1.58 bits per heavy atom. The van der Waals surface area contributed by atoms with Crippen molar-refractivity contribution in [1.82, 2.24) is 0 Å². The van der Waals surface area contributed by atoms with Crippen molar-refractivity contribution < 1.29 is 33.7 Å². The maximum atomic E-state index is 5.70. The molecule has 19 heavy (non-hydrogen) atoms. The zero-order valence-electron chi connectivity index (χ0n) is 13.5. The normalized spacial score (nSPS) is 11.5. The van der Waals surface area contributed by atoms with E-state index in [0.717, 1.165) is 12.8 Å². The molecule has 0 rings (SSSR count). The minimum atomic E-state index is -0.796. The molecule has 0 aromatic carbocycles. The molecule has 0 saturated carbocycles. The van der Waals surface area contributed by atoms with Gasteiger partial charge in [0.05, 0.1) is 0 Å². The van der Waals surface area contributed by atoms with E-state index in [0.29, 0.717) is 19.8 Å². The molecule has 0 atom stereocenters. The summed E-state index contributed by atoms with van der Waals surface area (Å²) < 4.78 is 17.1. The van der Waals surface area contributed by atoms with Gasteiger partial charge in [-0.15, -0.1) is 0 Å². The first-order chi connectivity index (χ1) is 8.74. The fraction of sp³-hybridized carbons (Fsp3) is 1.00. The Kier molecular flexibility index (Phi) is 17.5. The molecular weight excluding hydrogens is 310 g/mol. The average Bonchev–Trinajstić information content (AvgIpc) is 2.35. The van der Waals surface area contributed by atoms with E-state index in [1.54, 1.807) is 0 Å². The van der Waals surface area contributed by atoms with Gasteiger partial charge in [-0.3, -0.25) is 0 Å². The van der Waals surface area contributed by atoms with Crippen molar-refractivity contribution >= 4 is 10.2 Å². The number of hydrogen-bond acceptors (Lipinski definition) is 3. The van der Waals surface area contributed by atoms with Crippen LogP contribution in [-0.2, 0) is 33.7 Å². The van der Waals surface area contributed by atoms with E-state index >= 15 is 0 Å². The van der Waals surface area contributed by atoms with Gasteiger partial charge in [-0.1, -0.05) is 31.7 Å². The van der Waals surface area contributed by atoms with Crippen LogP contribution in [0.3, 0.4) is 0 Å². The SMILES string of the molecule is CCOC(CCCCCCC[SiH3])(OCC)OCC.[Zn]. The Morgan fingerprint density at radius 1 is 0.737 bits per heavy atom. The van der Waals surface area contributed by atoms with Crippen LogP contribution in [0.5, 0.6) is 0 Å². The van der Waals surface area contributed by atoms with Crippen molar-refractivity contribution in [1.29, 1.82) is 0 Å². The van der Waals surface area contributed by atoms with Gasteiger partial charge in [0.1, 0.15) is 0 Å². The third kappa shape index (κ3) is 11.1. The smallest absolute Gasteiger partial charge is 0.282 e. The van der Waals surface area contributed by atoms with E-state index in [1.165, 1.54) is 42.0 Å². The van der Waals surface area contributed by atoms with Crippen LogP contribution in [0.25, 0.3) is 0 Å². The predicted molar refractivity (Wildman–Crippen MR) is 80.1 cm³/mol. The average molecular weight is 342 g/mol. The first-order valence-corrected chi connectivity index (χ1v) is 9.07. The molecule has 3 nitrogen and oxygen atoms in total. The van der Waals surface area contributed by atoms with Crippen LogP contribution in [-0.4, -0.2) is 36.0 Å². The van der Waals surface area contributed by atoms with Crippen LogP contribution in [0.1, 0.15) is 59.3 Å². The van der Waals surface area contributed by atoms with Crippen LogP contribution in [0.15, 0.2) is 0 Å². The number of ether oxygens (including phenoxy) is 3. The second-order valence-electron chi connectivity index (χ2n) is 4.50. The summed E-state index contributed by atoms with van der Waals surface area (Å²) in [4.78, 5) is 0. The van der Waals surface area contributed by atoms with E-state index in [4.69, 9.17) is 14.2 Å². The Labute approximate surface area is 135 Å². The van der Waals surface area contributed by atoms with Gasteiger partial charge in [0.15, 0.2) is 0 Å². The monoisotopic (exact) mass is 340 g/mol. The van der Waals surface area contributed by atoms with E-state index in [9.17, 15) is 0 Å². The minimum absolute atomic E-state index is 0. The first-order valence-electron chi connectivity index (χ1n) is 7.66. The molecule has 0 amide bonds. The summed E-state index contributed by atoms with van der Waals surface area (Å²) in [5.41, 5.74) is 0. The van der Waals surface area contributed by atoms with Crippen molar-refractivity contribution in [3.63, 3.8) is 0 Å². The Morgan fingerprint density at radius 2 is 1.16 bits per heavy atom. The molecule has 0 aliphatic heterocycles. The Balaban J connectivity index is 0. The van der Waals surface area contributed by atoms with E-state index in [1.807, 2.05) is 20.8 Å². The number of rotatable bonds is 13. The summed E-state index contributed by atoms with van der Waals surface area (Å²) in [6, 6.07) is 1.43. The quantitative estimate of drug-likeness (QED) is 0.293. The zero-order chi connectivity index (χ0) is 13.7. The second kappa shape index (κ2) is 15.1. The zero-order valence-corrected chi connectivity index (χ0v) is 18.5. The molecule has 0 aromatic rings. The van der Waals surface area contributed by atoms with Crippen LogP contribution in [0.2, 0.25) is 6.04 Å². The van der Waals surface area contributed by atoms with Crippen LogP contribution < -0.4 is 0 Å². The van der Waals surface area contributed by atoms with Gasteiger partial charge in [0, 0.05) is 56.0 Å². The summed E-state index contributed by atoms with van der Waals surface area (Å²) in [5, 5.41) is 0. The third-order valence-corrected chi connectivity index (χ3v) is 3.64. The van der Waals surface area contributed by atoms with Gasteiger partial charge in [-0.05, 0) is 27.2 Å². The Bertz CT molecular complexity index is 165. The van der Waals surface area contributed by atoms with Gasteiger partial charge in [-0.2, -0.15) is 0 Å². The summed E-state index contributed by atoms with van der Waals surface area (Å²) in [7, 11) is 1.34. The molecular formula is C14H32O3SiZn. The molecule has 112 valence electrons. The maximum Gasteiger partial charge on any atom is 0.282 e. The molecule has 5 heteroatoms. The molecule has 0 aliphatic carbocycles. The fourth-order valence-corrected chi connectivity index (χ4v) is 2.62. The molecule has 0 fully saturated rings. The molecule has 0 unspecified atom stereocenters. The molecule has 0 N–H and O–H groups in total. The fourth-order valence-electron chi connectivity index (χ4n) is 2.12. The molecule has 0 saturated heterocycles. The maximum absolute atomic E-state index is 5.70. The van der Waals surface area contributed by atoms with Crippen molar-refractivity contribution in [2.75, 3.05) is 19.8 Å². The molecule has 0 bridgehead atoms. The van der Waals surface area contributed by atoms with Gasteiger partial charge in [-0.25, -0.2) is 0 Å². The van der Waals surface area contributed by atoms with Gasteiger partial charge < -0.3 is 14.2 Å². The van der Waals surface area contributed by atoms with E-state index in [-0.39, 0.29) is 19.5 Å². The standard InChI is InChI=1S/C14H32O3Si.Zn/c1-4-15-14(16-5-2,17-6-3)12-10-8-7-9-11-13-18;/h4-13H2,1-3,18H3;. The van der Waals surface area contributed by atoms with Crippen molar-refractivity contribution in [2.45, 2.75) is 71.3 Å². The van der Waals surface area contributed by atoms with Crippen LogP contribution >= 0.6 is 0 Å². The topological polar surface area (TPSA) is 27.7 Å². The van der Waals surface area contributed by atoms with Gasteiger partial charge >= 0.3 is 0 Å². The second-order valence-corrected chi connectivity index (χ2v) is 5.50. The number of unbranched alkanes of at least 4 members (excludes halogenated alkanes) is 4. The van der Waals surface area contributed by atoms with Crippen molar-refractivity contribution in [3.8, 4) is 0 Å². The van der Waals surface area contributed by atoms with Crippen LogP contribution in [0.4, 0.5) is 0 Å². The van der Waals surface area contributed by atoms with Crippen molar-refractivity contribution in [3.05, 3.63) is 0 Å². The molecule has 0 aromatic heterocycles. The first kappa shape index (κ1) is 22.0. The largest absolute Gasteiger partial charge is 0.328 e. The summed E-state index contributed by atoms with van der Waals surface area (Å²) >= 11 is 0. The molecule has 0 radical (unpaired) electrons. The van der Waals surface area contributed by atoms with Gasteiger partial charge in [0.2, 0.25) is 0 Å². The summed E-state index contributed by atoms with van der Waals surface area (Å²) in [6.07, 6.45) is 7.29. The predicted octanol–water partition coefficient (Wildman–Crippen LogP) is 2.87. The molecule has 0 aliphatic rings. The van der Waals surface area contributed by atoms with E-state index in [2.05, 4.69) is 0 Å².